The maximum Gasteiger partial charge on any atom is 0.217 e. The van der Waals surface area contributed by atoms with E-state index in [1.165, 1.54) is 19.1 Å². The van der Waals surface area contributed by atoms with Crippen LogP contribution >= 0.6 is 0 Å². The minimum Gasteiger partial charge on any atom is -0.345 e. The van der Waals surface area contributed by atoms with Crippen LogP contribution in [-0.2, 0) is 4.79 Å². The molecule has 0 saturated carbocycles. The molecule has 0 spiro atoms. The first-order chi connectivity index (χ1) is 7.63. The van der Waals surface area contributed by atoms with Crippen LogP contribution in [0, 0.1) is 29.0 Å². The number of carbonyl (C=O) groups excluding carboxylic acids is 1. The maximum absolute atomic E-state index is 12.8. The van der Waals surface area contributed by atoms with Crippen molar-refractivity contribution in [1.29, 1.82) is 5.26 Å². The number of nitriles is 1. The SMILES string of the molecule is CC(=O)NCC#Cc1ccc(F)cc1C#N. The van der Waals surface area contributed by atoms with E-state index in [1.807, 2.05) is 6.07 Å². The molecule has 80 valence electrons. The Labute approximate surface area is 92.9 Å². The van der Waals surface area contributed by atoms with Crippen molar-refractivity contribution in [2.24, 2.45) is 0 Å². The predicted octanol–water partition coefficient (Wildman–Crippen LogP) is 1.18. The van der Waals surface area contributed by atoms with Gasteiger partial charge < -0.3 is 5.32 Å². The highest BCUT2D eigenvalue weighted by atomic mass is 19.1. The van der Waals surface area contributed by atoms with Gasteiger partial charge in [-0.05, 0) is 18.2 Å². The molecule has 1 amide bonds. The molecule has 0 heterocycles. The maximum atomic E-state index is 12.8. The van der Waals surface area contributed by atoms with Gasteiger partial charge in [0, 0.05) is 12.5 Å². The molecule has 1 rings (SSSR count). The standard InChI is InChI=1S/C12H9FN2O/c1-9(16)15-6-2-3-10-4-5-12(13)7-11(10)8-14/h4-5,7H,6H2,1H3,(H,15,16). The number of hydrogen-bond donors (Lipinski definition) is 1. The molecule has 0 unspecified atom stereocenters. The van der Waals surface area contributed by atoms with E-state index in [2.05, 4.69) is 17.2 Å². The Kier molecular flexibility index (Phi) is 4.06. The van der Waals surface area contributed by atoms with E-state index in [4.69, 9.17) is 5.26 Å². The van der Waals surface area contributed by atoms with E-state index in [0.29, 0.717) is 5.56 Å². The van der Waals surface area contributed by atoms with Crippen molar-refractivity contribution >= 4 is 5.91 Å². The minimum absolute atomic E-state index is 0.172. The average molecular weight is 216 g/mol. The number of nitrogens with one attached hydrogen (secondary N) is 1. The molecule has 0 atom stereocenters. The van der Waals surface area contributed by atoms with Gasteiger partial charge in [0.25, 0.3) is 0 Å². The molecule has 16 heavy (non-hydrogen) atoms. The summed E-state index contributed by atoms with van der Waals surface area (Å²) in [5.74, 6) is 4.72. The number of nitrogens with zero attached hydrogens (tertiary/aromatic N) is 1. The van der Waals surface area contributed by atoms with Crippen LogP contribution in [0.15, 0.2) is 18.2 Å². The fraction of sp³-hybridized carbons (Fsp3) is 0.167. The number of rotatable bonds is 1. The summed E-state index contributed by atoms with van der Waals surface area (Å²) >= 11 is 0. The van der Waals surface area contributed by atoms with Crippen molar-refractivity contribution in [2.75, 3.05) is 6.54 Å². The monoisotopic (exact) mass is 216 g/mol. The predicted molar refractivity (Wildman–Crippen MR) is 56.7 cm³/mol. The number of hydrogen-bond acceptors (Lipinski definition) is 2. The van der Waals surface area contributed by atoms with Crippen LogP contribution in [0.2, 0.25) is 0 Å². The van der Waals surface area contributed by atoms with Crippen LogP contribution in [0.1, 0.15) is 18.1 Å². The molecule has 0 aliphatic heterocycles. The van der Waals surface area contributed by atoms with Crippen LogP contribution in [0.5, 0.6) is 0 Å². The smallest absolute Gasteiger partial charge is 0.217 e. The Morgan fingerprint density at radius 3 is 2.88 bits per heavy atom. The van der Waals surface area contributed by atoms with Crippen LogP contribution in [0.25, 0.3) is 0 Å². The molecule has 0 aliphatic carbocycles. The van der Waals surface area contributed by atoms with Gasteiger partial charge in [0.15, 0.2) is 0 Å². The molecule has 1 aromatic carbocycles. The highest BCUT2D eigenvalue weighted by Gasteiger charge is 2.00. The number of amides is 1. The Balaban J connectivity index is 2.81. The van der Waals surface area contributed by atoms with Crippen LogP contribution in [-0.4, -0.2) is 12.5 Å². The minimum atomic E-state index is -0.469. The molecule has 4 heteroatoms. The molecule has 0 aromatic heterocycles. The molecule has 0 aliphatic rings. The molecule has 3 nitrogen and oxygen atoms in total. The normalized spacial score (nSPS) is 8.56. The highest BCUT2D eigenvalue weighted by molar-refractivity contribution is 5.73. The molecular weight excluding hydrogens is 207 g/mol. The molecule has 1 N–H and O–H groups in total. The summed E-state index contributed by atoms with van der Waals surface area (Å²) < 4.78 is 12.8. The lowest BCUT2D eigenvalue weighted by Crippen LogP contribution is -2.19. The van der Waals surface area contributed by atoms with Gasteiger partial charge in [-0.25, -0.2) is 4.39 Å². The van der Waals surface area contributed by atoms with Gasteiger partial charge in [-0.3, -0.25) is 4.79 Å². The third kappa shape index (κ3) is 3.43. The van der Waals surface area contributed by atoms with Crippen molar-refractivity contribution in [1.82, 2.24) is 5.32 Å². The summed E-state index contributed by atoms with van der Waals surface area (Å²) in [5, 5.41) is 11.2. The van der Waals surface area contributed by atoms with Crippen molar-refractivity contribution < 1.29 is 9.18 Å². The Morgan fingerprint density at radius 1 is 1.50 bits per heavy atom. The molecule has 1 aromatic rings. The van der Waals surface area contributed by atoms with E-state index in [-0.39, 0.29) is 18.0 Å². The van der Waals surface area contributed by atoms with E-state index in [1.54, 1.807) is 0 Å². The first-order valence-electron chi connectivity index (χ1n) is 4.56. The molecule has 0 bridgehead atoms. The lowest BCUT2D eigenvalue weighted by molar-refractivity contribution is -0.118. The van der Waals surface area contributed by atoms with Gasteiger partial charge in [0.05, 0.1) is 12.1 Å². The van der Waals surface area contributed by atoms with Gasteiger partial charge in [0.2, 0.25) is 5.91 Å². The van der Waals surface area contributed by atoms with Crippen LogP contribution in [0.4, 0.5) is 4.39 Å². The zero-order valence-corrected chi connectivity index (χ0v) is 8.67. The topological polar surface area (TPSA) is 52.9 Å². The fourth-order valence-corrected chi connectivity index (χ4v) is 1.03. The van der Waals surface area contributed by atoms with Crippen molar-refractivity contribution in [3.05, 3.63) is 35.1 Å². The second-order valence-electron chi connectivity index (χ2n) is 3.01. The summed E-state index contributed by atoms with van der Waals surface area (Å²) in [4.78, 5) is 10.5. The Hall–Kier alpha value is -2.33. The summed E-state index contributed by atoms with van der Waals surface area (Å²) in [7, 11) is 0. The Bertz CT molecular complexity index is 506. The summed E-state index contributed by atoms with van der Waals surface area (Å²) in [6.07, 6.45) is 0. The van der Waals surface area contributed by atoms with Crippen molar-refractivity contribution in [3.63, 3.8) is 0 Å². The first-order valence-corrected chi connectivity index (χ1v) is 4.56. The lowest BCUT2D eigenvalue weighted by Gasteiger charge is -1.95. The molecule has 0 saturated heterocycles. The average Bonchev–Trinajstić information content (AvgIpc) is 2.25. The number of carbonyl (C=O) groups is 1. The quantitative estimate of drug-likeness (QED) is 0.717. The lowest BCUT2D eigenvalue weighted by atomic mass is 10.1. The molecular formula is C12H9FN2O. The largest absolute Gasteiger partial charge is 0.345 e. The first kappa shape index (κ1) is 11.7. The van der Waals surface area contributed by atoms with Gasteiger partial charge in [-0.2, -0.15) is 5.26 Å². The molecule has 0 radical (unpaired) electrons. The van der Waals surface area contributed by atoms with Gasteiger partial charge >= 0.3 is 0 Å². The van der Waals surface area contributed by atoms with E-state index < -0.39 is 5.82 Å². The Morgan fingerprint density at radius 2 is 2.25 bits per heavy atom. The summed E-state index contributed by atoms with van der Waals surface area (Å²) in [6.45, 7) is 1.60. The van der Waals surface area contributed by atoms with E-state index >= 15 is 0 Å². The van der Waals surface area contributed by atoms with E-state index in [0.717, 1.165) is 6.07 Å². The van der Waals surface area contributed by atoms with Crippen LogP contribution in [0.3, 0.4) is 0 Å². The third-order valence-corrected chi connectivity index (χ3v) is 1.75. The van der Waals surface area contributed by atoms with Crippen molar-refractivity contribution in [3.8, 4) is 17.9 Å². The van der Waals surface area contributed by atoms with Crippen LogP contribution < -0.4 is 5.32 Å². The fourth-order valence-electron chi connectivity index (χ4n) is 1.03. The zero-order chi connectivity index (χ0) is 12.0. The highest BCUT2D eigenvalue weighted by Crippen LogP contribution is 2.08. The second-order valence-corrected chi connectivity index (χ2v) is 3.01. The van der Waals surface area contributed by atoms with Gasteiger partial charge in [-0.15, -0.1) is 0 Å². The zero-order valence-electron chi connectivity index (χ0n) is 8.67. The summed E-state index contributed by atoms with van der Waals surface area (Å²) in [5.41, 5.74) is 0.643. The number of benzene rings is 1. The molecule has 0 fully saturated rings. The van der Waals surface area contributed by atoms with Gasteiger partial charge in [0.1, 0.15) is 11.9 Å². The number of halogens is 1. The second kappa shape index (κ2) is 5.53. The third-order valence-electron chi connectivity index (χ3n) is 1.75. The van der Waals surface area contributed by atoms with Crippen molar-refractivity contribution in [2.45, 2.75) is 6.92 Å². The summed E-state index contributed by atoms with van der Waals surface area (Å²) in [6, 6.07) is 5.66. The van der Waals surface area contributed by atoms with E-state index in [9.17, 15) is 9.18 Å². The van der Waals surface area contributed by atoms with Gasteiger partial charge in [-0.1, -0.05) is 11.8 Å².